The van der Waals surface area contributed by atoms with Crippen LogP contribution in [0, 0.1) is 17.6 Å². The lowest BCUT2D eigenvalue weighted by Gasteiger charge is -2.21. The minimum Gasteiger partial charge on any atom is -0.374 e. The van der Waals surface area contributed by atoms with Gasteiger partial charge in [0.1, 0.15) is 11.6 Å². The van der Waals surface area contributed by atoms with Crippen LogP contribution in [0.4, 0.5) is 14.5 Å². The van der Waals surface area contributed by atoms with E-state index in [1.807, 2.05) is 0 Å². The number of hydrogen-bond acceptors (Lipinski definition) is 3. The number of hydrogen-bond donors (Lipinski definition) is 3. The summed E-state index contributed by atoms with van der Waals surface area (Å²) in [6.45, 7) is 0.451. The van der Waals surface area contributed by atoms with E-state index in [0.717, 1.165) is 18.9 Å². The topological polar surface area (TPSA) is 84.2 Å². The van der Waals surface area contributed by atoms with Crippen molar-refractivity contribution in [3.05, 3.63) is 29.3 Å². The molecule has 0 saturated heterocycles. The fraction of sp³-hybridized carbons (Fsp3) is 0.500. The number of primary amides is 1. The molecule has 1 aromatic carbocycles. The van der Waals surface area contributed by atoms with Gasteiger partial charge in [0.05, 0.1) is 17.8 Å². The van der Waals surface area contributed by atoms with Crippen molar-refractivity contribution in [3.63, 3.8) is 0 Å². The van der Waals surface area contributed by atoms with E-state index in [4.69, 9.17) is 5.73 Å². The van der Waals surface area contributed by atoms with Crippen molar-refractivity contribution in [3.8, 4) is 0 Å². The number of carbonyl (C=O) groups is 2. The third-order valence-corrected chi connectivity index (χ3v) is 4.07. The predicted molar refractivity (Wildman–Crippen MR) is 83.0 cm³/mol. The number of benzene rings is 1. The molecule has 0 radical (unpaired) electrons. The number of rotatable bonds is 6. The smallest absolute Gasteiger partial charge is 0.251 e. The highest BCUT2D eigenvalue weighted by atomic mass is 19.1. The van der Waals surface area contributed by atoms with E-state index < -0.39 is 23.1 Å². The number of anilines is 1. The zero-order chi connectivity index (χ0) is 16.8. The van der Waals surface area contributed by atoms with Crippen molar-refractivity contribution in [1.82, 2.24) is 5.32 Å². The third kappa shape index (κ3) is 4.91. The highest BCUT2D eigenvalue weighted by Crippen LogP contribution is 2.22. The molecule has 0 aromatic heterocycles. The van der Waals surface area contributed by atoms with E-state index >= 15 is 0 Å². The van der Waals surface area contributed by atoms with Gasteiger partial charge in [-0.2, -0.15) is 0 Å². The number of nitrogens with two attached hydrogens (primary N) is 1. The average Bonchev–Trinajstić information content (AvgIpc) is 2.52. The SMILES string of the molecule is NC(=O)c1cc(NCC(=O)NCC2CCCCC2)c(F)cc1F. The van der Waals surface area contributed by atoms with Crippen LogP contribution in [0.2, 0.25) is 0 Å². The van der Waals surface area contributed by atoms with E-state index in [9.17, 15) is 18.4 Å². The Kier molecular flexibility index (Phi) is 5.90. The van der Waals surface area contributed by atoms with Crippen molar-refractivity contribution in [2.75, 3.05) is 18.4 Å². The van der Waals surface area contributed by atoms with E-state index in [-0.39, 0.29) is 18.1 Å². The third-order valence-electron chi connectivity index (χ3n) is 4.07. The summed E-state index contributed by atoms with van der Waals surface area (Å²) >= 11 is 0. The van der Waals surface area contributed by atoms with Gasteiger partial charge in [-0.05, 0) is 24.8 Å². The van der Waals surface area contributed by atoms with Crippen LogP contribution < -0.4 is 16.4 Å². The Balaban J connectivity index is 1.86. The summed E-state index contributed by atoms with van der Waals surface area (Å²) in [5.74, 6) is -2.68. The first-order chi connectivity index (χ1) is 11.0. The largest absolute Gasteiger partial charge is 0.374 e. The van der Waals surface area contributed by atoms with Crippen molar-refractivity contribution in [2.24, 2.45) is 11.7 Å². The van der Waals surface area contributed by atoms with E-state index in [1.165, 1.54) is 19.3 Å². The molecule has 1 saturated carbocycles. The fourth-order valence-electron chi connectivity index (χ4n) is 2.76. The summed E-state index contributed by atoms with van der Waals surface area (Å²) in [7, 11) is 0. The second kappa shape index (κ2) is 7.89. The first-order valence-corrected chi connectivity index (χ1v) is 7.76. The van der Waals surface area contributed by atoms with Gasteiger partial charge in [-0.25, -0.2) is 8.78 Å². The van der Waals surface area contributed by atoms with Gasteiger partial charge in [0.15, 0.2) is 0 Å². The van der Waals surface area contributed by atoms with Gasteiger partial charge < -0.3 is 16.4 Å². The van der Waals surface area contributed by atoms with Crippen molar-refractivity contribution in [2.45, 2.75) is 32.1 Å². The Morgan fingerprint density at radius 2 is 1.83 bits per heavy atom. The molecule has 0 bridgehead atoms. The molecule has 2 rings (SSSR count). The zero-order valence-electron chi connectivity index (χ0n) is 12.8. The molecule has 126 valence electrons. The molecule has 2 amide bonds. The maximum Gasteiger partial charge on any atom is 0.251 e. The van der Waals surface area contributed by atoms with E-state index in [1.54, 1.807) is 0 Å². The summed E-state index contributed by atoms with van der Waals surface area (Å²) in [6, 6.07) is 1.55. The molecule has 5 nitrogen and oxygen atoms in total. The predicted octanol–water partition coefficient (Wildman–Crippen LogP) is 2.17. The molecular formula is C16H21F2N3O2. The Labute approximate surface area is 133 Å². The summed E-state index contributed by atoms with van der Waals surface area (Å²) in [5.41, 5.74) is 4.46. The highest BCUT2D eigenvalue weighted by molar-refractivity contribution is 5.94. The van der Waals surface area contributed by atoms with Crippen molar-refractivity contribution >= 4 is 17.5 Å². The fourth-order valence-corrected chi connectivity index (χ4v) is 2.76. The van der Waals surface area contributed by atoms with Gasteiger partial charge in [0, 0.05) is 12.6 Å². The van der Waals surface area contributed by atoms with E-state index in [2.05, 4.69) is 10.6 Å². The molecule has 7 heteroatoms. The maximum absolute atomic E-state index is 13.6. The molecule has 0 atom stereocenters. The Morgan fingerprint density at radius 3 is 2.48 bits per heavy atom. The van der Waals surface area contributed by atoms with Gasteiger partial charge in [-0.1, -0.05) is 19.3 Å². The minimum absolute atomic E-state index is 0.131. The van der Waals surface area contributed by atoms with Gasteiger partial charge >= 0.3 is 0 Å². The first-order valence-electron chi connectivity index (χ1n) is 7.76. The normalized spacial score (nSPS) is 15.2. The molecule has 1 aromatic rings. The lowest BCUT2D eigenvalue weighted by atomic mass is 9.89. The highest BCUT2D eigenvalue weighted by Gasteiger charge is 2.16. The molecule has 0 spiro atoms. The van der Waals surface area contributed by atoms with Crippen LogP contribution in [0.1, 0.15) is 42.5 Å². The van der Waals surface area contributed by atoms with Crippen LogP contribution in [0.25, 0.3) is 0 Å². The monoisotopic (exact) mass is 325 g/mol. The van der Waals surface area contributed by atoms with Crippen LogP contribution in [0.5, 0.6) is 0 Å². The number of carbonyl (C=O) groups excluding carboxylic acids is 2. The molecule has 4 N–H and O–H groups in total. The summed E-state index contributed by atoms with van der Waals surface area (Å²) in [4.78, 5) is 22.8. The molecule has 1 fully saturated rings. The molecule has 0 heterocycles. The Bertz CT molecular complexity index is 587. The number of amides is 2. The summed E-state index contributed by atoms with van der Waals surface area (Å²) in [5, 5.41) is 5.36. The Morgan fingerprint density at radius 1 is 1.13 bits per heavy atom. The maximum atomic E-state index is 13.6. The van der Waals surface area contributed by atoms with Crippen molar-refractivity contribution in [1.29, 1.82) is 0 Å². The van der Waals surface area contributed by atoms with Gasteiger partial charge in [-0.15, -0.1) is 0 Å². The molecule has 0 aliphatic heterocycles. The van der Waals surface area contributed by atoms with Crippen LogP contribution >= 0.6 is 0 Å². The summed E-state index contributed by atoms with van der Waals surface area (Å²) in [6.07, 6.45) is 5.85. The Hall–Kier alpha value is -2.18. The van der Waals surface area contributed by atoms with Crippen LogP contribution in [-0.4, -0.2) is 24.9 Å². The average molecular weight is 325 g/mol. The number of nitrogens with one attached hydrogen (secondary N) is 2. The molecule has 23 heavy (non-hydrogen) atoms. The van der Waals surface area contributed by atoms with Crippen molar-refractivity contribution < 1.29 is 18.4 Å². The molecular weight excluding hydrogens is 304 g/mol. The van der Waals surface area contributed by atoms with Crippen LogP contribution in [-0.2, 0) is 4.79 Å². The zero-order valence-corrected chi connectivity index (χ0v) is 12.8. The second-order valence-electron chi connectivity index (χ2n) is 5.84. The first kappa shape index (κ1) is 17.2. The van der Waals surface area contributed by atoms with Gasteiger partial charge in [0.25, 0.3) is 5.91 Å². The summed E-state index contributed by atoms with van der Waals surface area (Å²) < 4.78 is 27.0. The lowest BCUT2D eigenvalue weighted by molar-refractivity contribution is -0.119. The number of halogens is 2. The van der Waals surface area contributed by atoms with Gasteiger partial charge in [0.2, 0.25) is 5.91 Å². The standard InChI is InChI=1S/C16H21F2N3O2/c17-12-7-13(18)14(6-11(12)16(19)23)20-9-15(22)21-8-10-4-2-1-3-5-10/h6-7,10,20H,1-5,8-9H2,(H2,19,23)(H,21,22). The molecule has 1 aliphatic carbocycles. The lowest BCUT2D eigenvalue weighted by Crippen LogP contribution is -2.34. The second-order valence-corrected chi connectivity index (χ2v) is 5.84. The quantitative estimate of drug-likeness (QED) is 0.749. The van der Waals surface area contributed by atoms with Gasteiger partial charge in [-0.3, -0.25) is 9.59 Å². The minimum atomic E-state index is -1.03. The van der Waals surface area contributed by atoms with Crippen LogP contribution in [0.15, 0.2) is 12.1 Å². The molecule has 0 unspecified atom stereocenters. The molecule has 1 aliphatic rings. The van der Waals surface area contributed by atoms with E-state index in [0.29, 0.717) is 18.5 Å². The van der Waals surface area contributed by atoms with Crippen LogP contribution in [0.3, 0.4) is 0 Å².